The first-order chi connectivity index (χ1) is 11.0. The highest BCUT2D eigenvalue weighted by Crippen LogP contribution is 2.41. The van der Waals surface area contributed by atoms with Crippen LogP contribution in [0.2, 0.25) is 0 Å². The van der Waals surface area contributed by atoms with Gasteiger partial charge in [0, 0.05) is 10.8 Å². The van der Waals surface area contributed by atoms with Crippen molar-refractivity contribution in [2.75, 3.05) is 0 Å². The van der Waals surface area contributed by atoms with Crippen LogP contribution in [0, 0.1) is 5.41 Å². The Bertz CT molecular complexity index is 704. The molecule has 0 heteroatoms. The second-order valence-electron chi connectivity index (χ2n) is 6.99. The molecule has 0 aromatic heterocycles. The van der Waals surface area contributed by atoms with E-state index in [9.17, 15) is 0 Å². The molecule has 0 bridgehead atoms. The van der Waals surface area contributed by atoms with Gasteiger partial charge in [0.2, 0.25) is 0 Å². The summed E-state index contributed by atoms with van der Waals surface area (Å²) in [5.41, 5.74) is 3.87. The van der Waals surface area contributed by atoms with Crippen LogP contribution in [0.25, 0.3) is 0 Å². The van der Waals surface area contributed by atoms with E-state index >= 15 is 0 Å². The van der Waals surface area contributed by atoms with Gasteiger partial charge in [-0.05, 0) is 23.6 Å². The summed E-state index contributed by atoms with van der Waals surface area (Å²) < 4.78 is 0. The minimum Gasteiger partial charge on any atom is -0.0751 e. The molecular formula is C23H24. The van der Waals surface area contributed by atoms with Crippen LogP contribution >= 0.6 is 0 Å². The SMILES string of the molecule is CC1(C)C=CC=C(C(C)(c2ccccc2)c2ccccc2)C=C1. The van der Waals surface area contributed by atoms with Gasteiger partial charge in [-0.15, -0.1) is 0 Å². The quantitative estimate of drug-likeness (QED) is 0.645. The molecule has 0 aliphatic heterocycles. The fourth-order valence-electron chi connectivity index (χ4n) is 3.19. The first-order valence-corrected chi connectivity index (χ1v) is 8.23. The highest BCUT2D eigenvalue weighted by atomic mass is 14.3. The standard InChI is InChI=1S/C23H24/c1-22(2)17-10-15-21(16-18-22)23(3,19-11-6-4-7-12-19)20-13-8-5-9-14-20/h4-18H,1-3H3. The van der Waals surface area contributed by atoms with Crippen molar-refractivity contribution in [1.29, 1.82) is 0 Å². The van der Waals surface area contributed by atoms with Crippen molar-refractivity contribution in [2.24, 2.45) is 5.41 Å². The van der Waals surface area contributed by atoms with Gasteiger partial charge in [-0.2, -0.15) is 0 Å². The second kappa shape index (κ2) is 6.04. The largest absolute Gasteiger partial charge is 0.0751 e. The van der Waals surface area contributed by atoms with Crippen LogP contribution in [-0.4, -0.2) is 0 Å². The van der Waals surface area contributed by atoms with Gasteiger partial charge in [-0.3, -0.25) is 0 Å². The van der Waals surface area contributed by atoms with Crippen molar-refractivity contribution in [2.45, 2.75) is 26.2 Å². The molecule has 116 valence electrons. The molecule has 0 nitrogen and oxygen atoms in total. The monoisotopic (exact) mass is 300 g/mol. The third-order valence-corrected chi connectivity index (χ3v) is 4.77. The van der Waals surface area contributed by atoms with Gasteiger partial charge in [0.1, 0.15) is 0 Å². The summed E-state index contributed by atoms with van der Waals surface area (Å²) in [6.07, 6.45) is 11.3. The number of allylic oxidation sites excluding steroid dienone is 6. The molecule has 0 N–H and O–H groups in total. The predicted octanol–water partition coefficient (Wildman–Crippen LogP) is 6.07. The van der Waals surface area contributed by atoms with Crippen LogP contribution in [0.5, 0.6) is 0 Å². The Kier molecular flexibility index (Phi) is 4.09. The van der Waals surface area contributed by atoms with E-state index < -0.39 is 0 Å². The van der Waals surface area contributed by atoms with Gasteiger partial charge in [-0.25, -0.2) is 0 Å². The molecule has 0 spiro atoms. The van der Waals surface area contributed by atoms with Crippen molar-refractivity contribution >= 4 is 0 Å². The summed E-state index contributed by atoms with van der Waals surface area (Å²) in [6, 6.07) is 21.5. The maximum absolute atomic E-state index is 2.32. The number of rotatable bonds is 3. The van der Waals surface area contributed by atoms with Crippen LogP contribution in [0.4, 0.5) is 0 Å². The lowest BCUT2D eigenvalue weighted by Gasteiger charge is -2.33. The predicted molar refractivity (Wildman–Crippen MR) is 99.5 cm³/mol. The molecule has 0 heterocycles. The summed E-state index contributed by atoms with van der Waals surface area (Å²) in [5.74, 6) is 0. The molecule has 0 saturated carbocycles. The third kappa shape index (κ3) is 3.07. The third-order valence-electron chi connectivity index (χ3n) is 4.77. The van der Waals surface area contributed by atoms with Crippen LogP contribution in [0.3, 0.4) is 0 Å². The fourth-order valence-corrected chi connectivity index (χ4v) is 3.19. The van der Waals surface area contributed by atoms with E-state index in [2.05, 4.69) is 112 Å². The fraction of sp³-hybridized carbons (Fsp3) is 0.217. The van der Waals surface area contributed by atoms with Crippen molar-refractivity contribution in [3.05, 3.63) is 108 Å². The molecule has 1 aliphatic rings. The Hall–Kier alpha value is -2.34. The Labute approximate surface area is 139 Å². The summed E-state index contributed by atoms with van der Waals surface area (Å²) in [4.78, 5) is 0. The molecule has 0 radical (unpaired) electrons. The highest BCUT2D eigenvalue weighted by Gasteiger charge is 2.32. The van der Waals surface area contributed by atoms with Gasteiger partial charge in [0.25, 0.3) is 0 Å². The first kappa shape index (κ1) is 15.6. The van der Waals surface area contributed by atoms with E-state index in [0.717, 1.165) is 0 Å². The number of hydrogen-bond acceptors (Lipinski definition) is 0. The highest BCUT2D eigenvalue weighted by molar-refractivity contribution is 5.53. The minimum atomic E-state index is -0.163. The van der Waals surface area contributed by atoms with E-state index in [1.54, 1.807) is 0 Å². The van der Waals surface area contributed by atoms with E-state index in [0.29, 0.717) is 0 Å². The van der Waals surface area contributed by atoms with E-state index in [-0.39, 0.29) is 10.8 Å². The average molecular weight is 300 g/mol. The van der Waals surface area contributed by atoms with Crippen LogP contribution in [-0.2, 0) is 5.41 Å². The molecule has 3 rings (SSSR count). The Morgan fingerprint density at radius 3 is 1.78 bits per heavy atom. The maximum Gasteiger partial charge on any atom is 0.0423 e. The van der Waals surface area contributed by atoms with Crippen LogP contribution in [0.15, 0.2) is 96.6 Å². The van der Waals surface area contributed by atoms with Crippen molar-refractivity contribution in [3.8, 4) is 0 Å². The van der Waals surface area contributed by atoms with E-state index in [1.165, 1.54) is 16.7 Å². The zero-order valence-corrected chi connectivity index (χ0v) is 14.2. The molecule has 0 atom stereocenters. The molecule has 0 saturated heterocycles. The van der Waals surface area contributed by atoms with Crippen molar-refractivity contribution < 1.29 is 0 Å². The molecular weight excluding hydrogens is 276 g/mol. The van der Waals surface area contributed by atoms with Gasteiger partial charge < -0.3 is 0 Å². The lowest BCUT2D eigenvalue weighted by molar-refractivity contribution is 0.624. The van der Waals surface area contributed by atoms with E-state index in [1.807, 2.05) is 0 Å². The molecule has 0 fully saturated rings. The number of benzene rings is 2. The van der Waals surface area contributed by atoms with Gasteiger partial charge in [0.05, 0.1) is 0 Å². The topological polar surface area (TPSA) is 0 Å². The van der Waals surface area contributed by atoms with E-state index in [4.69, 9.17) is 0 Å². The zero-order valence-electron chi connectivity index (χ0n) is 14.2. The Morgan fingerprint density at radius 1 is 0.739 bits per heavy atom. The summed E-state index contributed by atoms with van der Waals surface area (Å²) in [7, 11) is 0. The maximum atomic E-state index is 2.32. The average Bonchev–Trinajstić information content (AvgIpc) is 2.77. The van der Waals surface area contributed by atoms with Gasteiger partial charge >= 0.3 is 0 Å². The lowest BCUT2D eigenvalue weighted by Crippen LogP contribution is -2.25. The van der Waals surface area contributed by atoms with Gasteiger partial charge in [0.15, 0.2) is 0 Å². The molecule has 0 unspecified atom stereocenters. The summed E-state index contributed by atoms with van der Waals surface area (Å²) in [6.45, 7) is 6.79. The van der Waals surface area contributed by atoms with Gasteiger partial charge in [-0.1, -0.05) is 105 Å². The molecule has 2 aromatic rings. The van der Waals surface area contributed by atoms with Crippen LogP contribution < -0.4 is 0 Å². The number of hydrogen-bond donors (Lipinski definition) is 0. The molecule has 2 aromatic carbocycles. The Balaban J connectivity index is 2.18. The summed E-state index contributed by atoms with van der Waals surface area (Å²) in [5, 5.41) is 0. The lowest BCUT2D eigenvalue weighted by atomic mass is 9.70. The smallest absolute Gasteiger partial charge is 0.0423 e. The van der Waals surface area contributed by atoms with Crippen molar-refractivity contribution in [3.63, 3.8) is 0 Å². The molecule has 1 aliphatic carbocycles. The molecule has 23 heavy (non-hydrogen) atoms. The zero-order chi connectivity index (χ0) is 16.3. The first-order valence-electron chi connectivity index (χ1n) is 8.23. The Morgan fingerprint density at radius 2 is 1.26 bits per heavy atom. The van der Waals surface area contributed by atoms with Crippen molar-refractivity contribution in [1.82, 2.24) is 0 Å². The second-order valence-corrected chi connectivity index (χ2v) is 6.99. The van der Waals surface area contributed by atoms with Crippen LogP contribution in [0.1, 0.15) is 31.9 Å². The normalized spacial score (nSPS) is 16.7. The molecule has 0 amide bonds. The minimum absolute atomic E-state index is 0.0898. The summed E-state index contributed by atoms with van der Waals surface area (Å²) >= 11 is 0.